The number of nitrogens with zero attached hydrogens (tertiary/aromatic N) is 4. The van der Waals surface area contributed by atoms with Crippen LogP contribution < -0.4 is 15.1 Å². The van der Waals surface area contributed by atoms with Crippen LogP contribution in [0.15, 0.2) is 36.5 Å². The minimum atomic E-state index is 0.197. The number of nitrogens with one attached hydrogen (secondary N) is 1. The normalized spacial score (nSPS) is 19.6. The summed E-state index contributed by atoms with van der Waals surface area (Å²) in [6.07, 6.45) is 8.49. The van der Waals surface area contributed by atoms with Crippen molar-refractivity contribution in [1.29, 1.82) is 0 Å². The van der Waals surface area contributed by atoms with Crippen LogP contribution in [0.3, 0.4) is 0 Å². The van der Waals surface area contributed by atoms with E-state index in [-0.39, 0.29) is 5.91 Å². The van der Waals surface area contributed by atoms with E-state index in [0.717, 1.165) is 74.5 Å². The number of aromatic nitrogens is 1. The third-order valence-corrected chi connectivity index (χ3v) is 7.79. The van der Waals surface area contributed by atoms with Gasteiger partial charge in [-0.1, -0.05) is 0 Å². The second-order valence-corrected chi connectivity index (χ2v) is 10.0. The molecule has 7 nitrogen and oxygen atoms in total. The number of fused-ring (bicyclic) bond motifs is 1. The maximum absolute atomic E-state index is 12.3. The van der Waals surface area contributed by atoms with Gasteiger partial charge in [-0.3, -0.25) is 9.69 Å². The highest BCUT2D eigenvalue weighted by Crippen LogP contribution is 2.31. The average Bonchev–Trinajstić information content (AvgIpc) is 2.90. The molecule has 0 spiro atoms. The van der Waals surface area contributed by atoms with Crippen molar-refractivity contribution in [2.45, 2.75) is 45.4 Å². The fourth-order valence-electron chi connectivity index (χ4n) is 5.65. The molecule has 2 fully saturated rings. The Bertz CT molecular complexity index is 981. The SMILES string of the molecule is CCN1C(=O)CCc2cnc(Nc3ccc(N4CCC(CCCN5CCOCC5)CC4)cc3)cc21. The number of carbonyl (C=O) groups excluding carboxylic acids is 1. The maximum atomic E-state index is 12.3. The van der Waals surface area contributed by atoms with Crippen molar-refractivity contribution in [3.05, 3.63) is 42.1 Å². The first-order valence-electron chi connectivity index (χ1n) is 13.4. The molecule has 1 amide bonds. The number of pyridine rings is 1. The number of aryl methyl sites for hydroxylation is 1. The molecule has 1 aromatic heterocycles. The third kappa shape index (κ3) is 5.96. The number of rotatable bonds is 8. The van der Waals surface area contributed by atoms with Crippen molar-refractivity contribution >= 4 is 28.8 Å². The highest BCUT2D eigenvalue weighted by Gasteiger charge is 2.24. The van der Waals surface area contributed by atoms with Crippen LogP contribution in [0.5, 0.6) is 0 Å². The molecule has 0 aliphatic carbocycles. The zero-order valence-electron chi connectivity index (χ0n) is 21.0. The van der Waals surface area contributed by atoms with E-state index in [4.69, 9.17) is 4.74 Å². The molecule has 35 heavy (non-hydrogen) atoms. The summed E-state index contributed by atoms with van der Waals surface area (Å²) in [6, 6.07) is 10.7. The van der Waals surface area contributed by atoms with Gasteiger partial charge in [0.1, 0.15) is 5.82 Å². The second-order valence-electron chi connectivity index (χ2n) is 10.0. The molecule has 1 aromatic carbocycles. The molecular weight excluding hydrogens is 438 g/mol. The fraction of sp³-hybridized carbons (Fsp3) is 0.571. The van der Waals surface area contributed by atoms with Crippen molar-refractivity contribution in [3.8, 4) is 0 Å². The summed E-state index contributed by atoms with van der Waals surface area (Å²) in [5.41, 5.74) is 4.45. The lowest BCUT2D eigenvalue weighted by Crippen LogP contribution is -2.37. The lowest BCUT2D eigenvalue weighted by Gasteiger charge is -2.34. The Morgan fingerprint density at radius 3 is 2.57 bits per heavy atom. The smallest absolute Gasteiger partial charge is 0.227 e. The van der Waals surface area contributed by atoms with Crippen molar-refractivity contribution in [1.82, 2.24) is 9.88 Å². The summed E-state index contributed by atoms with van der Waals surface area (Å²) in [4.78, 5) is 23.8. The van der Waals surface area contributed by atoms with Gasteiger partial charge in [0.25, 0.3) is 0 Å². The summed E-state index contributed by atoms with van der Waals surface area (Å²) in [5, 5.41) is 3.42. The Hall–Kier alpha value is -2.64. The van der Waals surface area contributed by atoms with Gasteiger partial charge in [-0.25, -0.2) is 4.98 Å². The van der Waals surface area contributed by atoms with Gasteiger partial charge in [-0.05, 0) is 81.3 Å². The first-order chi connectivity index (χ1) is 17.2. The predicted molar refractivity (Wildman–Crippen MR) is 142 cm³/mol. The summed E-state index contributed by atoms with van der Waals surface area (Å²) < 4.78 is 5.45. The van der Waals surface area contributed by atoms with E-state index in [9.17, 15) is 4.79 Å². The molecule has 188 valence electrons. The second kappa shape index (κ2) is 11.4. The molecule has 0 bridgehead atoms. The van der Waals surface area contributed by atoms with Gasteiger partial charge in [0.15, 0.2) is 0 Å². The first-order valence-corrected chi connectivity index (χ1v) is 13.4. The Labute approximate surface area is 209 Å². The van der Waals surface area contributed by atoms with Gasteiger partial charge in [0, 0.05) is 62.8 Å². The topological polar surface area (TPSA) is 60.9 Å². The zero-order chi connectivity index (χ0) is 24.0. The van der Waals surface area contributed by atoms with Gasteiger partial charge in [0.2, 0.25) is 5.91 Å². The summed E-state index contributed by atoms with van der Waals surface area (Å²) in [6.45, 7) is 10.2. The van der Waals surface area contributed by atoms with Gasteiger partial charge in [-0.15, -0.1) is 0 Å². The van der Waals surface area contributed by atoms with Crippen LogP contribution in [-0.2, 0) is 16.0 Å². The molecule has 2 saturated heterocycles. The number of piperidine rings is 1. The standard InChI is InChI=1S/C28H39N5O2/c1-2-33-26-20-27(29-21-23(26)5-10-28(33)34)30-24-6-8-25(9-7-24)32-14-11-22(12-15-32)4-3-13-31-16-18-35-19-17-31/h6-9,20-22H,2-5,10-19H2,1H3,(H,29,30). The first kappa shape index (κ1) is 24.1. The molecule has 3 aliphatic rings. The molecule has 3 aliphatic heterocycles. The third-order valence-electron chi connectivity index (χ3n) is 7.79. The Morgan fingerprint density at radius 1 is 1.06 bits per heavy atom. The molecule has 4 heterocycles. The number of carbonyl (C=O) groups is 1. The number of hydrogen-bond donors (Lipinski definition) is 1. The quantitative estimate of drug-likeness (QED) is 0.606. The molecule has 0 radical (unpaired) electrons. The van der Waals surface area contributed by atoms with E-state index in [1.54, 1.807) is 0 Å². The Balaban J connectivity index is 1.10. The van der Waals surface area contributed by atoms with Crippen molar-refractivity contribution < 1.29 is 9.53 Å². The van der Waals surface area contributed by atoms with Gasteiger partial charge >= 0.3 is 0 Å². The summed E-state index contributed by atoms with van der Waals surface area (Å²) >= 11 is 0. The van der Waals surface area contributed by atoms with E-state index in [1.165, 1.54) is 37.9 Å². The largest absolute Gasteiger partial charge is 0.379 e. The molecule has 0 unspecified atom stereocenters. The van der Waals surface area contributed by atoms with E-state index in [2.05, 4.69) is 44.4 Å². The highest BCUT2D eigenvalue weighted by atomic mass is 16.5. The van der Waals surface area contributed by atoms with Gasteiger partial charge in [0.05, 0.1) is 18.9 Å². The molecular formula is C28H39N5O2. The average molecular weight is 478 g/mol. The number of anilines is 4. The van der Waals surface area contributed by atoms with Crippen LogP contribution in [0.1, 0.15) is 44.6 Å². The van der Waals surface area contributed by atoms with Crippen LogP contribution >= 0.6 is 0 Å². The highest BCUT2D eigenvalue weighted by molar-refractivity contribution is 5.96. The summed E-state index contributed by atoms with van der Waals surface area (Å²) in [5.74, 6) is 1.84. The minimum absolute atomic E-state index is 0.197. The molecule has 0 saturated carbocycles. The van der Waals surface area contributed by atoms with E-state index in [1.807, 2.05) is 24.1 Å². The fourth-order valence-corrected chi connectivity index (χ4v) is 5.65. The maximum Gasteiger partial charge on any atom is 0.227 e. The molecule has 5 rings (SSSR count). The van der Waals surface area contributed by atoms with Crippen LogP contribution in [0.2, 0.25) is 0 Å². The molecule has 2 aromatic rings. The Morgan fingerprint density at radius 2 is 1.83 bits per heavy atom. The lowest BCUT2D eigenvalue weighted by atomic mass is 9.92. The van der Waals surface area contributed by atoms with Crippen LogP contribution in [0, 0.1) is 5.92 Å². The number of hydrogen-bond acceptors (Lipinski definition) is 6. The van der Waals surface area contributed by atoms with Crippen LogP contribution in [0.4, 0.5) is 22.9 Å². The molecule has 1 N–H and O–H groups in total. The number of ether oxygens (including phenoxy) is 1. The summed E-state index contributed by atoms with van der Waals surface area (Å²) in [7, 11) is 0. The van der Waals surface area contributed by atoms with E-state index < -0.39 is 0 Å². The van der Waals surface area contributed by atoms with Crippen LogP contribution in [-0.4, -0.2) is 68.3 Å². The Kier molecular flexibility index (Phi) is 7.84. The zero-order valence-corrected chi connectivity index (χ0v) is 21.0. The van der Waals surface area contributed by atoms with Crippen molar-refractivity contribution in [3.63, 3.8) is 0 Å². The number of morpholine rings is 1. The number of amides is 1. The van der Waals surface area contributed by atoms with Crippen molar-refractivity contribution in [2.75, 3.05) is 67.6 Å². The van der Waals surface area contributed by atoms with Gasteiger partial charge < -0.3 is 19.9 Å². The monoisotopic (exact) mass is 477 g/mol. The van der Waals surface area contributed by atoms with E-state index in [0.29, 0.717) is 13.0 Å². The predicted octanol–water partition coefficient (Wildman–Crippen LogP) is 4.45. The van der Waals surface area contributed by atoms with E-state index >= 15 is 0 Å². The van der Waals surface area contributed by atoms with Crippen LogP contribution in [0.25, 0.3) is 0 Å². The van der Waals surface area contributed by atoms with Gasteiger partial charge in [-0.2, -0.15) is 0 Å². The minimum Gasteiger partial charge on any atom is -0.379 e. The molecule has 7 heteroatoms. The number of benzene rings is 1. The molecule has 0 atom stereocenters. The van der Waals surface area contributed by atoms with Crippen molar-refractivity contribution in [2.24, 2.45) is 5.92 Å². The lowest BCUT2D eigenvalue weighted by molar-refractivity contribution is -0.118.